The Labute approximate surface area is 84.9 Å². The van der Waals surface area contributed by atoms with Crippen LogP contribution in [0.25, 0.3) is 0 Å². The molecule has 1 fully saturated rings. The highest BCUT2D eigenvalue weighted by atomic mass is 16.2. The summed E-state index contributed by atoms with van der Waals surface area (Å²) in [5.74, 6) is 0.0154. The lowest BCUT2D eigenvalue weighted by Gasteiger charge is -2.21. The van der Waals surface area contributed by atoms with E-state index in [-0.39, 0.29) is 23.8 Å². The van der Waals surface area contributed by atoms with Crippen LogP contribution in [0.15, 0.2) is 0 Å². The third-order valence-corrected chi connectivity index (χ3v) is 2.57. The Balaban J connectivity index is 2.63. The van der Waals surface area contributed by atoms with Crippen molar-refractivity contribution in [3.63, 3.8) is 0 Å². The molecule has 1 heterocycles. The van der Waals surface area contributed by atoms with Crippen LogP contribution in [0.4, 0.5) is 0 Å². The van der Waals surface area contributed by atoms with Gasteiger partial charge in [-0.3, -0.25) is 9.59 Å². The Bertz CT molecular complexity index is 249. The first-order valence-electron chi connectivity index (χ1n) is 4.94. The Hall–Kier alpha value is -1.06. The second kappa shape index (κ2) is 3.98. The number of amides is 2. The summed E-state index contributed by atoms with van der Waals surface area (Å²) in [5, 5.41) is 0. The lowest BCUT2D eigenvalue weighted by Crippen LogP contribution is -2.35. The van der Waals surface area contributed by atoms with Crippen molar-refractivity contribution in [2.45, 2.75) is 26.3 Å². The first-order valence-corrected chi connectivity index (χ1v) is 4.94. The van der Waals surface area contributed by atoms with Gasteiger partial charge >= 0.3 is 0 Å². The molecule has 0 aromatic carbocycles. The number of hydrogen-bond acceptors (Lipinski definition) is 2. The Morgan fingerprint density at radius 3 is 2.43 bits per heavy atom. The van der Waals surface area contributed by atoms with Crippen LogP contribution in [-0.4, -0.2) is 48.3 Å². The zero-order valence-corrected chi connectivity index (χ0v) is 9.28. The lowest BCUT2D eigenvalue weighted by atomic mass is 10.1. The summed E-state index contributed by atoms with van der Waals surface area (Å²) in [6, 6.07) is 0.197. The van der Waals surface area contributed by atoms with Gasteiger partial charge in [-0.05, 0) is 13.8 Å². The summed E-state index contributed by atoms with van der Waals surface area (Å²) in [6.07, 6.45) is 0.370. The van der Waals surface area contributed by atoms with Gasteiger partial charge in [-0.2, -0.15) is 0 Å². The number of carbonyl (C=O) groups excluding carboxylic acids is 2. The van der Waals surface area contributed by atoms with E-state index in [1.54, 1.807) is 23.9 Å². The van der Waals surface area contributed by atoms with Crippen LogP contribution in [0, 0.1) is 5.92 Å². The maximum atomic E-state index is 11.6. The molecular formula is C10H18N2O2. The van der Waals surface area contributed by atoms with Crippen molar-refractivity contribution < 1.29 is 9.59 Å². The van der Waals surface area contributed by atoms with E-state index in [4.69, 9.17) is 0 Å². The fourth-order valence-corrected chi connectivity index (χ4v) is 1.76. The number of carbonyl (C=O) groups is 2. The smallest absolute Gasteiger partial charge is 0.227 e. The van der Waals surface area contributed by atoms with E-state index in [1.807, 2.05) is 13.8 Å². The van der Waals surface area contributed by atoms with Gasteiger partial charge in [0.1, 0.15) is 0 Å². The zero-order valence-electron chi connectivity index (χ0n) is 9.28. The molecule has 0 bridgehead atoms. The van der Waals surface area contributed by atoms with E-state index in [9.17, 15) is 9.59 Å². The van der Waals surface area contributed by atoms with Crippen molar-refractivity contribution in [1.29, 1.82) is 0 Å². The molecule has 1 saturated heterocycles. The normalized spacial score (nSPS) is 21.9. The van der Waals surface area contributed by atoms with Crippen molar-refractivity contribution in [2.24, 2.45) is 5.92 Å². The summed E-state index contributed by atoms with van der Waals surface area (Å²) in [7, 11) is 3.45. The predicted octanol–water partition coefficient (Wildman–Crippen LogP) is 0.331. The van der Waals surface area contributed by atoms with Gasteiger partial charge < -0.3 is 9.80 Å². The second-order valence-corrected chi connectivity index (χ2v) is 4.27. The van der Waals surface area contributed by atoms with Crippen molar-refractivity contribution in [3.8, 4) is 0 Å². The molecule has 4 heteroatoms. The fraction of sp³-hybridized carbons (Fsp3) is 0.800. The van der Waals surface area contributed by atoms with E-state index in [0.29, 0.717) is 13.0 Å². The average molecular weight is 198 g/mol. The molecule has 1 rings (SSSR count). The quantitative estimate of drug-likeness (QED) is 0.641. The number of rotatable bonds is 2. The van der Waals surface area contributed by atoms with Crippen LogP contribution in [-0.2, 0) is 9.59 Å². The first kappa shape index (κ1) is 11.0. The van der Waals surface area contributed by atoms with Gasteiger partial charge in [0.25, 0.3) is 0 Å². The molecule has 4 nitrogen and oxygen atoms in total. The van der Waals surface area contributed by atoms with Gasteiger partial charge in [-0.1, -0.05) is 0 Å². The maximum Gasteiger partial charge on any atom is 0.227 e. The van der Waals surface area contributed by atoms with Gasteiger partial charge in [0.05, 0.1) is 5.92 Å². The molecule has 14 heavy (non-hydrogen) atoms. The molecule has 1 aliphatic heterocycles. The van der Waals surface area contributed by atoms with Crippen molar-refractivity contribution in [1.82, 2.24) is 9.80 Å². The number of hydrogen-bond donors (Lipinski definition) is 0. The molecular weight excluding hydrogens is 180 g/mol. The molecule has 0 aromatic heterocycles. The van der Waals surface area contributed by atoms with Crippen LogP contribution < -0.4 is 0 Å². The summed E-state index contributed by atoms with van der Waals surface area (Å²) in [6.45, 7) is 4.52. The molecule has 2 amide bonds. The minimum absolute atomic E-state index is 0.0569. The molecule has 0 saturated carbocycles. The van der Waals surface area contributed by atoms with Crippen molar-refractivity contribution in [2.75, 3.05) is 20.6 Å². The molecule has 1 atom stereocenters. The minimum Gasteiger partial charge on any atom is -0.349 e. The van der Waals surface area contributed by atoms with Crippen LogP contribution in [0.5, 0.6) is 0 Å². The lowest BCUT2D eigenvalue weighted by molar-refractivity contribution is -0.133. The summed E-state index contributed by atoms with van der Waals surface area (Å²) in [4.78, 5) is 26.4. The van der Waals surface area contributed by atoms with Gasteiger partial charge in [0.15, 0.2) is 0 Å². The molecule has 0 aromatic rings. The van der Waals surface area contributed by atoms with Crippen LogP contribution in [0.3, 0.4) is 0 Å². The number of nitrogens with zero attached hydrogens (tertiary/aromatic N) is 2. The largest absolute Gasteiger partial charge is 0.349 e. The Morgan fingerprint density at radius 1 is 1.50 bits per heavy atom. The number of likely N-dealkylation sites (tertiary alicyclic amines) is 1. The summed E-state index contributed by atoms with van der Waals surface area (Å²) in [5.41, 5.74) is 0. The van der Waals surface area contributed by atoms with Crippen molar-refractivity contribution in [3.05, 3.63) is 0 Å². The van der Waals surface area contributed by atoms with Gasteiger partial charge in [0.2, 0.25) is 11.8 Å². The van der Waals surface area contributed by atoms with E-state index in [2.05, 4.69) is 0 Å². The van der Waals surface area contributed by atoms with E-state index in [0.717, 1.165) is 0 Å². The molecule has 0 unspecified atom stereocenters. The van der Waals surface area contributed by atoms with Crippen LogP contribution >= 0.6 is 0 Å². The standard InChI is InChI=1S/C10H18N2O2/c1-7(2)12-6-8(5-9(12)13)10(14)11(3)4/h7-8H,5-6H2,1-4H3/t8-/m1/s1. The zero-order chi connectivity index (χ0) is 10.9. The van der Waals surface area contributed by atoms with E-state index >= 15 is 0 Å². The fourth-order valence-electron chi connectivity index (χ4n) is 1.76. The highest BCUT2D eigenvalue weighted by Gasteiger charge is 2.35. The second-order valence-electron chi connectivity index (χ2n) is 4.27. The average Bonchev–Trinajstić information content (AvgIpc) is 2.45. The monoisotopic (exact) mass is 198 g/mol. The van der Waals surface area contributed by atoms with E-state index in [1.165, 1.54) is 0 Å². The summed E-state index contributed by atoms with van der Waals surface area (Å²) < 4.78 is 0. The third kappa shape index (κ3) is 2.05. The summed E-state index contributed by atoms with van der Waals surface area (Å²) >= 11 is 0. The topological polar surface area (TPSA) is 40.6 Å². The Morgan fingerprint density at radius 2 is 2.07 bits per heavy atom. The van der Waals surface area contributed by atoms with E-state index < -0.39 is 0 Å². The molecule has 0 radical (unpaired) electrons. The van der Waals surface area contributed by atoms with Crippen LogP contribution in [0.2, 0.25) is 0 Å². The minimum atomic E-state index is -0.139. The van der Waals surface area contributed by atoms with Gasteiger partial charge in [-0.15, -0.1) is 0 Å². The third-order valence-electron chi connectivity index (χ3n) is 2.57. The highest BCUT2D eigenvalue weighted by molar-refractivity contribution is 5.89. The Kier molecular flexibility index (Phi) is 3.13. The highest BCUT2D eigenvalue weighted by Crippen LogP contribution is 2.21. The molecule has 0 N–H and O–H groups in total. The van der Waals surface area contributed by atoms with Crippen molar-refractivity contribution >= 4 is 11.8 Å². The first-order chi connectivity index (χ1) is 6.43. The predicted molar refractivity (Wildman–Crippen MR) is 53.7 cm³/mol. The molecule has 1 aliphatic rings. The van der Waals surface area contributed by atoms with Crippen LogP contribution in [0.1, 0.15) is 20.3 Å². The SMILES string of the molecule is CC(C)N1C[C@H](C(=O)N(C)C)CC1=O. The maximum absolute atomic E-state index is 11.6. The van der Waals surface area contributed by atoms with Gasteiger partial charge in [-0.25, -0.2) is 0 Å². The van der Waals surface area contributed by atoms with Gasteiger partial charge in [0, 0.05) is 33.1 Å². The molecule has 0 aliphatic carbocycles. The molecule has 80 valence electrons. The molecule has 0 spiro atoms.